The fourth-order valence-corrected chi connectivity index (χ4v) is 3.02. The second-order valence-corrected chi connectivity index (χ2v) is 6.02. The Hall–Kier alpha value is -1.10. The molecule has 6 heteroatoms. The highest BCUT2D eigenvalue weighted by Gasteiger charge is 2.23. The van der Waals surface area contributed by atoms with E-state index in [0.717, 1.165) is 6.42 Å². The van der Waals surface area contributed by atoms with Gasteiger partial charge in [0.15, 0.2) is 0 Å². The number of hydrogen-bond donors (Lipinski definition) is 1. The Morgan fingerprint density at radius 1 is 1.20 bits per heavy atom. The summed E-state index contributed by atoms with van der Waals surface area (Å²) in [4.78, 5) is 14.6. The second-order valence-electron chi connectivity index (χ2n) is 5.68. The molecule has 5 nitrogen and oxygen atoms in total. The van der Waals surface area contributed by atoms with E-state index in [1.807, 2.05) is 19.0 Å². The van der Waals surface area contributed by atoms with Gasteiger partial charge in [0, 0.05) is 20.1 Å². The predicted molar refractivity (Wildman–Crippen MR) is 83.4 cm³/mol. The zero-order chi connectivity index (χ0) is 14.5. The molecule has 1 aromatic heterocycles. The molecule has 1 N–H and O–H groups in total. The number of hydrogen-bond acceptors (Lipinski definition) is 5. The van der Waals surface area contributed by atoms with Crippen LogP contribution < -0.4 is 10.2 Å². The Morgan fingerprint density at radius 3 is 2.50 bits per heavy atom. The lowest BCUT2D eigenvalue weighted by Gasteiger charge is -2.30. The Balaban J connectivity index is 2.10. The van der Waals surface area contributed by atoms with Crippen LogP contribution in [-0.2, 0) is 0 Å². The van der Waals surface area contributed by atoms with Gasteiger partial charge in [0.05, 0.1) is 0 Å². The first-order chi connectivity index (χ1) is 9.60. The number of rotatable bonds is 5. The van der Waals surface area contributed by atoms with E-state index in [1.54, 1.807) is 0 Å². The molecular weight excluding hydrogens is 274 g/mol. The molecule has 112 valence electrons. The topological polar surface area (TPSA) is 53.9 Å². The molecule has 1 fully saturated rings. The number of nitrogens with one attached hydrogen (secondary N) is 1. The van der Waals surface area contributed by atoms with Crippen molar-refractivity contribution in [2.24, 2.45) is 5.92 Å². The van der Waals surface area contributed by atoms with Crippen molar-refractivity contribution in [2.45, 2.75) is 51.5 Å². The summed E-state index contributed by atoms with van der Waals surface area (Å²) in [6, 6.07) is 0.420. The first kappa shape index (κ1) is 15.3. The first-order valence-corrected chi connectivity index (χ1v) is 7.83. The van der Waals surface area contributed by atoms with Crippen molar-refractivity contribution < 1.29 is 0 Å². The maximum atomic E-state index is 5.98. The van der Waals surface area contributed by atoms with Gasteiger partial charge in [-0.2, -0.15) is 15.0 Å². The van der Waals surface area contributed by atoms with Crippen molar-refractivity contribution in [3.63, 3.8) is 0 Å². The van der Waals surface area contributed by atoms with Gasteiger partial charge in [-0.1, -0.05) is 26.2 Å². The predicted octanol–water partition coefficient (Wildman–Crippen LogP) is 3.36. The molecule has 2 rings (SSSR count). The summed E-state index contributed by atoms with van der Waals surface area (Å²) in [5.74, 6) is 1.89. The molecular formula is C14H24ClN5. The highest BCUT2D eigenvalue weighted by molar-refractivity contribution is 6.28. The molecule has 0 aromatic carbocycles. The van der Waals surface area contributed by atoms with Crippen molar-refractivity contribution in [1.29, 1.82) is 0 Å². The largest absolute Gasteiger partial charge is 0.351 e. The van der Waals surface area contributed by atoms with E-state index in [1.165, 1.54) is 32.1 Å². The Kier molecular flexibility index (Phi) is 5.40. The molecule has 0 bridgehead atoms. The Labute approximate surface area is 126 Å². The molecule has 0 radical (unpaired) electrons. The molecule has 1 unspecified atom stereocenters. The monoisotopic (exact) mass is 297 g/mol. The number of aromatic nitrogens is 3. The lowest BCUT2D eigenvalue weighted by molar-refractivity contribution is 0.312. The highest BCUT2D eigenvalue weighted by atomic mass is 35.5. The van der Waals surface area contributed by atoms with Crippen LogP contribution in [0.1, 0.15) is 45.4 Å². The third-order valence-corrected chi connectivity index (χ3v) is 4.14. The summed E-state index contributed by atoms with van der Waals surface area (Å²) in [5.41, 5.74) is 0. The van der Waals surface area contributed by atoms with Crippen LogP contribution in [0.15, 0.2) is 0 Å². The lowest BCUT2D eigenvalue weighted by Crippen LogP contribution is -2.31. The molecule has 1 aliphatic carbocycles. The van der Waals surface area contributed by atoms with Gasteiger partial charge in [-0.15, -0.1) is 0 Å². The zero-order valence-electron chi connectivity index (χ0n) is 12.6. The summed E-state index contributed by atoms with van der Waals surface area (Å²) in [6.45, 7) is 2.21. The van der Waals surface area contributed by atoms with Gasteiger partial charge < -0.3 is 10.2 Å². The molecule has 1 aliphatic rings. The lowest BCUT2D eigenvalue weighted by atomic mass is 9.83. The fraction of sp³-hybridized carbons (Fsp3) is 0.786. The van der Waals surface area contributed by atoms with E-state index in [0.29, 0.717) is 23.9 Å². The maximum Gasteiger partial charge on any atom is 0.230 e. The maximum absolute atomic E-state index is 5.98. The highest BCUT2D eigenvalue weighted by Crippen LogP contribution is 2.29. The van der Waals surface area contributed by atoms with Crippen LogP contribution in [0.5, 0.6) is 0 Å². The van der Waals surface area contributed by atoms with Crippen molar-refractivity contribution in [3.05, 3.63) is 5.28 Å². The van der Waals surface area contributed by atoms with E-state index in [4.69, 9.17) is 11.6 Å². The molecule has 1 aromatic rings. The number of halogens is 1. The molecule has 0 aliphatic heterocycles. The zero-order valence-corrected chi connectivity index (χ0v) is 13.3. The van der Waals surface area contributed by atoms with Gasteiger partial charge in [-0.25, -0.2) is 0 Å². The Bertz CT molecular complexity index is 432. The molecule has 20 heavy (non-hydrogen) atoms. The minimum atomic E-state index is 0.240. The average molecular weight is 298 g/mol. The van der Waals surface area contributed by atoms with Crippen molar-refractivity contribution in [3.8, 4) is 0 Å². The summed E-state index contributed by atoms with van der Waals surface area (Å²) >= 11 is 5.98. The van der Waals surface area contributed by atoms with E-state index in [2.05, 4.69) is 27.2 Å². The number of anilines is 2. The van der Waals surface area contributed by atoms with Crippen molar-refractivity contribution in [2.75, 3.05) is 24.3 Å². The minimum absolute atomic E-state index is 0.240. The van der Waals surface area contributed by atoms with Crippen LogP contribution in [0.4, 0.5) is 11.9 Å². The van der Waals surface area contributed by atoms with Gasteiger partial charge >= 0.3 is 0 Å². The summed E-state index contributed by atoms with van der Waals surface area (Å²) < 4.78 is 0. The van der Waals surface area contributed by atoms with Crippen LogP contribution in [0.25, 0.3) is 0 Å². The van der Waals surface area contributed by atoms with Crippen molar-refractivity contribution >= 4 is 23.5 Å². The fourth-order valence-electron chi connectivity index (χ4n) is 2.86. The molecule has 1 saturated carbocycles. The van der Waals surface area contributed by atoms with Crippen LogP contribution in [0.2, 0.25) is 5.28 Å². The van der Waals surface area contributed by atoms with E-state index in [-0.39, 0.29) is 5.28 Å². The Morgan fingerprint density at radius 2 is 1.90 bits per heavy atom. The first-order valence-electron chi connectivity index (χ1n) is 7.45. The van der Waals surface area contributed by atoms with Gasteiger partial charge in [0.1, 0.15) is 0 Å². The van der Waals surface area contributed by atoms with Gasteiger partial charge in [0.25, 0.3) is 0 Å². The number of nitrogens with zero attached hydrogens (tertiary/aromatic N) is 4. The van der Waals surface area contributed by atoms with E-state index >= 15 is 0 Å². The van der Waals surface area contributed by atoms with Crippen LogP contribution in [0, 0.1) is 5.92 Å². The van der Waals surface area contributed by atoms with Crippen LogP contribution in [0.3, 0.4) is 0 Å². The normalized spacial score (nSPS) is 17.8. The van der Waals surface area contributed by atoms with Crippen LogP contribution >= 0.6 is 11.6 Å². The SMILES string of the molecule is CCC(Nc1nc(Cl)nc(N(C)C)n1)C1CCCCC1. The van der Waals surface area contributed by atoms with Gasteiger partial charge in [0.2, 0.25) is 17.2 Å². The van der Waals surface area contributed by atoms with E-state index in [9.17, 15) is 0 Å². The summed E-state index contributed by atoms with van der Waals surface area (Å²) in [5, 5.41) is 3.70. The van der Waals surface area contributed by atoms with Crippen LogP contribution in [-0.4, -0.2) is 35.1 Å². The molecule has 1 heterocycles. The summed E-state index contributed by atoms with van der Waals surface area (Å²) in [6.07, 6.45) is 7.71. The smallest absolute Gasteiger partial charge is 0.230 e. The van der Waals surface area contributed by atoms with Gasteiger partial charge in [-0.3, -0.25) is 0 Å². The standard InChI is InChI=1S/C14H24ClN5/c1-4-11(10-8-6-5-7-9-10)16-13-17-12(15)18-14(19-13)20(2)3/h10-11H,4-9H2,1-3H3,(H,16,17,18,19). The van der Waals surface area contributed by atoms with Gasteiger partial charge in [-0.05, 0) is 36.8 Å². The third-order valence-electron chi connectivity index (χ3n) is 3.97. The quantitative estimate of drug-likeness (QED) is 0.903. The average Bonchev–Trinajstić information content (AvgIpc) is 2.45. The molecule has 1 atom stereocenters. The minimum Gasteiger partial charge on any atom is -0.351 e. The molecule has 0 amide bonds. The molecule has 0 spiro atoms. The van der Waals surface area contributed by atoms with Crippen molar-refractivity contribution in [1.82, 2.24) is 15.0 Å². The summed E-state index contributed by atoms with van der Waals surface area (Å²) in [7, 11) is 3.79. The molecule has 0 saturated heterocycles. The second kappa shape index (κ2) is 7.07. The third kappa shape index (κ3) is 3.95. The van der Waals surface area contributed by atoms with E-state index < -0.39 is 0 Å².